The Labute approximate surface area is 137 Å². The normalized spacial score (nSPS) is 12.8. The lowest BCUT2D eigenvalue weighted by molar-refractivity contribution is -0.133. The van der Waals surface area contributed by atoms with Crippen molar-refractivity contribution in [1.29, 1.82) is 0 Å². The molecule has 1 aromatic rings. The van der Waals surface area contributed by atoms with E-state index in [0.29, 0.717) is 26.3 Å². The molecule has 130 valence electrons. The minimum Gasteiger partial charge on any atom is -0.383 e. The Kier molecular flexibility index (Phi) is 8.18. The van der Waals surface area contributed by atoms with Crippen LogP contribution in [-0.4, -0.2) is 65.8 Å². The summed E-state index contributed by atoms with van der Waals surface area (Å²) in [4.78, 5) is 14.1. The fourth-order valence-corrected chi connectivity index (χ4v) is 3.18. The number of sulfonamides is 1. The van der Waals surface area contributed by atoms with Crippen molar-refractivity contribution in [3.8, 4) is 0 Å². The van der Waals surface area contributed by atoms with Gasteiger partial charge in [0.1, 0.15) is 0 Å². The van der Waals surface area contributed by atoms with E-state index in [1.54, 1.807) is 32.4 Å². The number of amides is 1. The second-order valence-corrected chi connectivity index (χ2v) is 6.68. The lowest BCUT2D eigenvalue weighted by Crippen LogP contribution is -2.48. The number of hydrogen-bond donors (Lipinski definition) is 1. The molecule has 0 saturated heterocycles. The Bertz CT molecular complexity index is 569. The smallest absolute Gasteiger partial charge is 0.241 e. The molecule has 0 aliphatic rings. The van der Waals surface area contributed by atoms with Crippen molar-refractivity contribution in [3.05, 3.63) is 30.3 Å². The van der Waals surface area contributed by atoms with Gasteiger partial charge in [0.2, 0.25) is 15.9 Å². The molecule has 1 aromatic carbocycles. The molecular formula is C15H24N2O5S. The van der Waals surface area contributed by atoms with Gasteiger partial charge in [-0.2, -0.15) is 4.72 Å². The summed E-state index contributed by atoms with van der Waals surface area (Å²) in [6, 6.07) is 7.06. The van der Waals surface area contributed by atoms with E-state index in [9.17, 15) is 13.2 Å². The van der Waals surface area contributed by atoms with Crippen LogP contribution in [0.3, 0.4) is 0 Å². The minimum atomic E-state index is -3.74. The number of nitrogens with zero attached hydrogens (tertiary/aromatic N) is 1. The van der Waals surface area contributed by atoms with Gasteiger partial charge in [-0.15, -0.1) is 0 Å². The molecule has 8 heteroatoms. The van der Waals surface area contributed by atoms with E-state index in [-0.39, 0.29) is 10.8 Å². The Morgan fingerprint density at radius 1 is 1.13 bits per heavy atom. The molecule has 1 unspecified atom stereocenters. The highest BCUT2D eigenvalue weighted by Crippen LogP contribution is 2.09. The number of nitrogens with one attached hydrogen (secondary N) is 1. The molecule has 1 rings (SSSR count). The molecule has 0 fully saturated rings. The second kappa shape index (κ2) is 9.61. The predicted molar refractivity (Wildman–Crippen MR) is 86.6 cm³/mol. The van der Waals surface area contributed by atoms with Crippen LogP contribution in [-0.2, 0) is 24.3 Å². The molecule has 0 aliphatic heterocycles. The Hall–Kier alpha value is -1.48. The van der Waals surface area contributed by atoms with Gasteiger partial charge in [0, 0.05) is 27.3 Å². The van der Waals surface area contributed by atoms with Gasteiger partial charge in [0.25, 0.3) is 0 Å². The first kappa shape index (κ1) is 19.6. The monoisotopic (exact) mass is 344 g/mol. The average molecular weight is 344 g/mol. The SMILES string of the molecule is COCCN(CCOC)C(=O)C(C)NS(=O)(=O)c1ccccc1. The van der Waals surface area contributed by atoms with Gasteiger partial charge >= 0.3 is 0 Å². The van der Waals surface area contributed by atoms with Crippen LogP contribution in [0.1, 0.15) is 6.92 Å². The van der Waals surface area contributed by atoms with Crippen LogP contribution in [0.25, 0.3) is 0 Å². The van der Waals surface area contributed by atoms with Gasteiger partial charge < -0.3 is 14.4 Å². The minimum absolute atomic E-state index is 0.125. The first-order valence-corrected chi connectivity index (χ1v) is 8.74. The third-order valence-electron chi connectivity index (χ3n) is 3.20. The van der Waals surface area contributed by atoms with Crippen LogP contribution in [0.15, 0.2) is 35.2 Å². The number of rotatable bonds is 10. The molecule has 0 bridgehead atoms. The van der Waals surface area contributed by atoms with Gasteiger partial charge in [-0.1, -0.05) is 18.2 Å². The van der Waals surface area contributed by atoms with E-state index in [4.69, 9.17) is 9.47 Å². The van der Waals surface area contributed by atoms with Crippen LogP contribution < -0.4 is 4.72 Å². The summed E-state index contributed by atoms with van der Waals surface area (Å²) in [6.45, 7) is 3.00. The molecule has 1 atom stereocenters. The van der Waals surface area contributed by atoms with Crippen molar-refractivity contribution in [3.63, 3.8) is 0 Å². The van der Waals surface area contributed by atoms with Crippen molar-refractivity contribution in [2.24, 2.45) is 0 Å². The first-order chi connectivity index (χ1) is 10.9. The summed E-state index contributed by atoms with van der Waals surface area (Å²) in [5.74, 6) is -0.321. The number of carbonyl (C=O) groups is 1. The highest BCUT2D eigenvalue weighted by Gasteiger charge is 2.25. The summed E-state index contributed by atoms with van der Waals surface area (Å²) >= 11 is 0. The number of hydrogen-bond acceptors (Lipinski definition) is 5. The maximum atomic E-state index is 12.5. The molecule has 0 heterocycles. The molecular weight excluding hydrogens is 320 g/mol. The summed E-state index contributed by atoms with van der Waals surface area (Å²) in [5, 5.41) is 0. The molecule has 23 heavy (non-hydrogen) atoms. The molecule has 0 saturated carbocycles. The summed E-state index contributed by atoms with van der Waals surface area (Å²) in [5.41, 5.74) is 0. The topological polar surface area (TPSA) is 84.9 Å². The van der Waals surface area contributed by atoms with Crippen molar-refractivity contribution >= 4 is 15.9 Å². The summed E-state index contributed by atoms with van der Waals surface area (Å²) in [7, 11) is -0.655. The Morgan fingerprint density at radius 2 is 1.65 bits per heavy atom. The molecule has 0 spiro atoms. The lowest BCUT2D eigenvalue weighted by atomic mass is 10.3. The Morgan fingerprint density at radius 3 is 2.13 bits per heavy atom. The number of benzene rings is 1. The largest absolute Gasteiger partial charge is 0.383 e. The zero-order valence-electron chi connectivity index (χ0n) is 13.7. The summed E-state index contributed by atoms with van der Waals surface area (Å²) < 4.78 is 36.9. The van der Waals surface area contributed by atoms with Gasteiger partial charge in [-0.3, -0.25) is 4.79 Å². The average Bonchev–Trinajstić information content (AvgIpc) is 2.55. The number of ether oxygens (including phenoxy) is 2. The van der Waals surface area contributed by atoms with E-state index in [0.717, 1.165) is 0 Å². The van der Waals surface area contributed by atoms with E-state index in [1.165, 1.54) is 24.0 Å². The van der Waals surface area contributed by atoms with Gasteiger partial charge in [0.05, 0.1) is 24.2 Å². The van der Waals surface area contributed by atoms with Crippen molar-refractivity contribution in [1.82, 2.24) is 9.62 Å². The third-order valence-corrected chi connectivity index (χ3v) is 4.75. The molecule has 0 aliphatic carbocycles. The maximum absolute atomic E-state index is 12.5. The highest BCUT2D eigenvalue weighted by atomic mass is 32.2. The first-order valence-electron chi connectivity index (χ1n) is 7.26. The number of carbonyl (C=O) groups excluding carboxylic acids is 1. The second-order valence-electron chi connectivity index (χ2n) is 4.97. The predicted octanol–water partition coefficient (Wildman–Crippen LogP) is 0.475. The van der Waals surface area contributed by atoms with Crippen LogP contribution in [0.4, 0.5) is 0 Å². The van der Waals surface area contributed by atoms with Crippen molar-refractivity contribution in [2.75, 3.05) is 40.5 Å². The highest BCUT2D eigenvalue weighted by molar-refractivity contribution is 7.89. The molecule has 0 aromatic heterocycles. The van der Waals surface area contributed by atoms with E-state index < -0.39 is 16.1 Å². The molecule has 0 radical (unpaired) electrons. The van der Waals surface area contributed by atoms with Crippen LogP contribution in [0, 0.1) is 0 Å². The van der Waals surface area contributed by atoms with E-state index in [1.807, 2.05) is 0 Å². The van der Waals surface area contributed by atoms with E-state index >= 15 is 0 Å². The standard InChI is InChI=1S/C15H24N2O5S/c1-13(15(18)17(9-11-21-2)10-12-22-3)16-23(19,20)14-7-5-4-6-8-14/h4-8,13,16H,9-12H2,1-3H3. The lowest BCUT2D eigenvalue weighted by Gasteiger charge is -2.25. The van der Waals surface area contributed by atoms with Gasteiger partial charge in [0.15, 0.2) is 0 Å². The van der Waals surface area contributed by atoms with Crippen molar-refractivity contribution in [2.45, 2.75) is 17.9 Å². The van der Waals surface area contributed by atoms with Crippen LogP contribution in [0.2, 0.25) is 0 Å². The molecule has 1 N–H and O–H groups in total. The van der Waals surface area contributed by atoms with Crippen molar-refractivity contribution < 1.29 is 22.7 Å². The third kappa shape index (κ3) is 6.26. The zero-order chi connectivity index (χ0) is 17.3. The van der Waals surface area contributed by atoms with Gasteiger partial charge in [-0.05, 0) is 19.1 Å². The number of methoxy groups -OCH3 is 2. The van der Waals surface area contributed by atoms with Gasteiger partial charge in [-0.25, -0.2) is 8.42 Å². The molecule has 7 nitrogen and oxygen atoms in total. The fraction of sp³-hybridized carbons (Fsp3) is 0.533. The zero-order valence-corrected chi connectivity index (χ0v) is 14.5. The van der Waals surface area contributed by atoms with Crippen LogP contribution in [0.5, 0.6) is 0 Å². The fourth-order valence-electron chi connectivity index (χ4n) is 1.96. The maximum Gasteiger partial charge on any atom is 0.241 e. The summed E-state index contributed by atoms with van der Waals surface area (Å²) in [6.07, 6.45) is 0. The quantitative estimate of drug-likeness (QED) is 0.667. The molecule has 1 amide bonds. The Balaban J connectivity index is 2.76. The van der Waals surface area contributed by atoms with E-state index in [2.05, 4.69) is 4.72 Å². The van der Waals surface area contributed by atoms with Crippen LogP contribution >= 0.6 is 0 Å².